The molecule has 2 aromatic heterocycles. The van der Waals surface area contributed by atoms with Gasteiger partial charge in [-0.05, 0) is 41.6 Å². The molecule has 1 aliphatic rings. The first-order chi connectivity index (χ1) is 18.6. The van der Waals surface area contributed by atoms with Gasteiger partial charge in [0.15, 0.2) is 5.82 Å². The van der Waals surface area contributed by atoms with Crippen LogP contribution in [0.1, 0.15) is 15.2 Å². The smallest absolute Gasteiger partial charge is 0.264 e. The van der Waals surface area contributed by atoms with Gasteiger partial charge in [0, 0.05) is 38.3 Å². The number of anilines is 1. The molecule has 0 saturated carbocycles. The Morgan fingerprint density at radius 2 is 1.63 bits per heavy atom. The van der Waals surface area contributed by atoms with Crippen molar-refractivity contribution in [3.05, 3.63) is 99.7 Å². The highest BCUT2D eigenvalue weighted by molar-refractivity contribution is 7.12. The van der Waals surface area contributed by atoms with E-state index in [1.807, 2.05) is 89.1 Å². The molecule has 1 aliphatic heterocycles. The van der Waals surface area contributed by atoms with E-state index < -0.39 is 0 Å². The van der Waals surface area contributed by atoms with E-state index in [4.69, 9.17) is 11.6 Å². The first-order valence-corrected chi connectivity index (χ1v) is 13.8. The molecule has 2 aromatic carbocycles. The molecule has 1 saturated heterocycles. The minimum Gasteiger partial charge on any atom is -0.352 e. The lowest BCUT2D eigenvalue weighted by atomic mass is 10.1. The van der Waals surface area contributed by atoms with Crippen molar-refractivity contribution in [2.75, 3.05) is 44.2 Å². The molecule has 2 amide bonds. The van der Waals surface area contributed by atoms with Crippen LogP contribution >= 0.6 is 22.9 Å². The van der Waals surface area contributed by atoms with Crippen LogP contribution in [0.5, 0.6) is 0 Å². The minimum atomic E-state index is -0.100. The van der Waals surface area contributed by atoms with Crippen LogP contribution in [-0.2, 0) is 11.2 Å². The van der Waals surface area contributed by atoms with Crippen LogP contribution in [0.4, 0.5) is 5.82 Å². The van der Waals surface area contributed by atoms with E-state index in [9.17, 15) is 9.59 Å². The number of carbonyl (C=O) groups is 2. The molecule has 0 bridgehead atoms. The molecule has 0 spiro atoms. The second-order valence-corrected chi connectivity index (χ2v) is 10.4. The average Bonchev–Trinajstić information content (AvgIpc) is 3.51. The zero-order valence-corrected chi connectivity index (χ0v) is 22.4. The quantitative estimate of drug-likeness (QED) is 0.315. The second-order valence-electron chi connectivity index (χ2n) is 9.06. The molecule has 0 unspecified atom stereocenters. The van der Waals surface area contributed by atoms with Gasteiger partial charge in [0.05, 0.1) is 15.6 Å². The first kappa shape index (κ1) is 25.9. The van der Waals surface area contributed by atoms with Crippen LogP contribution in [0.25, 0.3) is 11.3 Å². The van der Waals surface area contributed by atoms with Crippen molar-refractivity contribution in [3.8, 4) is 11.3 Å². The number of hydrogen-bond donors (Lipinski definition) is 0. The SMILES string of the molecule is O=C(CN(CCc1ccccc1)C(=O)c1cccs1)N1CCN(c2ccc(-c3ccccc3Cl)nn2)CC1. The van der Waals surface area contributed by atoms with E-state index in [0.29, 0.717) is 49.0 Å². The van der Waals surface area contributed by atoms with E-state index in [1.54, 1.807) is 4.90 Å². The van der Waals surface area contributed by atoms with Crippen molar-refractivity contribution in [3.63, 3.8) is 0 Å². The molecule has 3 heterocycles. The zero-order valence-electron chi connectivity index (χ0n) is 20.9. The van der Waals surface area contributed by atoms with Crippen LogP contribution in [0.3, 0.4) is 0 Å². The molecule has 38 heavy (non-hydrogen) atoms. The number of piperazine rings is 1. The molecule has 7 nitrogen and oxygen atoms in total. The van der Waals surface area contributed by atoms with E-state index in [1.165, 1.54) is 11.3 Å². The van der Waals surface area contributed by atoms with Crippen LogP contribution in [-0.4, -0.2) is 71.1 Å². The summed E-state index contributed by atoms with van der Waals surface area (Å²) in [6.45, 7) is 2.97. The van der Waals surface area contributed by atoms with Gasteiger partial charge in [-0.2, -0.15) is 0 Å². The van der Waals surface area contributed by atoms with Gasteiger partial charge in [0.2, 0.25) is 5.91 Å². The summed E-state index contributed by atoms with van der Waals surface area (Å²) in [7, 11) is 0. The topological polar surface area (TPSA) is 69.6 Å². The third-order valence-corrected chi connectivity index (χ3v) is 7.80. The standard InChI is InChI=1S/C29H28ClN5O2S/c30-24-10-5-4-9-23(24)25-12-13-27(32-31-25)33-16-18-34(19-17-33)28(36)21-35(29(37)26-11-6-20-38-26)15-14-22-7-2-1-3-8-22/h1-13,20H,14-19,21H2. The number of nitrogens with zero attached hydrogens (tertiary/aromatic N) is 5. The highest BCUT2D eigenvalue weighted by Crippen LogP contribution is 2.26. The van der Waals surface area contributed by atoms with Crippen molar-refractivity contribution < 1.29 is 9.59 Å². The number of amides is 2. The zero-order chi connectivity index (χ0) is 26.3. The summed E-state index contributed by atoms with van der Waals surface area (Å²) in [5.74, 6) is 0.629. The van der Waals surface area contributed by atoms with Crippen LogP contribution in [0, 0.1) is 0 Å². The number of carbonyl (C=O) groups excluding carboxylic acids is 2. The lowest BCUT2D eigenvalue weighted by molar-refractivity contribution is -0.132. The van der Waals surface area contributed by atoms with Gasteiger partial charge in [-0.1, -0.05) is 66.2 Å². The summed E-state index contributed by atoms with van der Waals surface area (Å²) < 4.78 is 0. The predicted octanol–water partition coefficient (Wildman–Crippen LogP) is 4.89. The first-order valence-electron chi connectivity index (χ1n) is 12.6. The Morgan fingerprint density at radius 3 is 2.32 bits per heavy atom. The third-order valence-electron chi connectivity index (χ3n) is 6.62. The van der Waals surface area contributed by atoms with Crippen molar-refractivity contribution >= 4 is 40.6 Å². The Hall–Kier alpha value is -3.75. The molecular formula is C29H28ClN5O2S. The van der Waals surface area contributed by atoms with Crippen LogP contribution in [0.15, 0.2) is 84.2 Å². The van der Waals surface area contributed by atoms with Gasteiger partial charge in [0.25, 0.3) is 5.91 Å². The molecule has 0 N–H and O–H groups in total. The van der Waals surface area contributed by atoms with Gasteiger partial charge < -0.3 is 14.7 Å². The predicted molar refractivity (Wildman–Crippen MR) is 152 cm³/mol. The largest absolute Gasteiger partial charge is 0.352 e. The summed E-state index contributed by atoms with van der Waals surface area (Å²) >= 11 is 7.69. The van der Waals surface area contributed by atoms with Crippen molar-refractivity contribution in [1.29, 1.82) is 0 Å². The number of rotatable bonds is 8. The molecule has 1 fully saturated rings. The molecule has 5 rings (SSSR count). The van der Waals surface area contributed by atoms with Crippen molar-refractivity contribution in [1.82, 2.24) is 20.0 Å². The third kappa shape index (κ3) is 6.20. The molecule has 0 aliphatic carbocycles. The van der Waals surface area contributed by atoms with E-state index in [2.05, 4.69) is 15.1 Å². The van der Waals surface area contributed by atoms with Gasteiger partial charge >= 0.3 is 0 Å². The molecule has 9 heteroatoms. The number of benzene rings is 2. The van der Waals surface area contributed by atoms with E-state index in [-0.39, 0.29) is 18.4 Å². The molecule has 4 aromatic rings. The van der Waals surface area contributed by atoms with Gasteiger partial charge in [-0.15, -0.1) is 21.5 Å². The Kier molecular flexibility index (Phi) is 8.31. The summed E-state index contributed by atoms with van der Waals surface area (Å²) in [4.78, 5) is 32.7. The fraction of sp³-hybridized carbons (Fsp3) is 0.241. The second kappa shape index (κ2) is 12.2. The molecular weight excluding hydrogens is 518 g/mol. The van der Waals surface area contributed by atoms with E-state index in [0.717, 1.165) is 22.6 Å². The minimum absolute atomic E-state index is 0.0391. The molecule has 0 atom stereocenters. The molecule has 194 valence electrons. The Balaban J connectivity index is 1.19. The van der Waals surface area contributed by atoms with Crippen molar-refractivity contribution in [2.24, 2.45) is 0 Å². The van der Waals surface area contributed by atoms with Crippen LogP contribution < -0.4 is 4.90 Å². The highest BCUT2D eigenvalue weighted by Gasteiger charge is 2.26. The maximum atomic E-state index is 13.2. The van der Waals surface area contributed by atoms with Crippen LogP contribution in [0.2, 0.25) is 5.02 Å². The Labute approximate surface area is 231 Å². The Bertz CT molecular complexity index is 1360. The normalized spacial score (nSPS) is 13.4. The van der Waals surface area contributed by atoms with E-state index >= 15 is 0 Å². The molecule has 0 radical (unpaired) electrons. The number of aromatic nitrogens is 2. The van der Waals surface area contributed by atoms with Crippen molar-refractivity contribution in [2.45, 2.75) is 6.42 Å². The fourth-order valence-corrected chi connectivity index (χ4v) is 5.40. The maximum Gasteiger partial charge on any atom is 0.264 e. The van der Waals surface area contributed by atoms with Gasteiger partial charge in [-0.3, -0.25) is 9.59 Å². The highest BCUT2D eigenvalue weighted by atomic mass is 35.5. The average molecular weight is 546 g/mol. The number of hydrogen-bond acceptors (Lipinski definition) is 6. The number of halogens is 1. The monoisotopic (exact) mass is 545 g/mol. The summed E-state index contributed by atoms with van der Waals surface area (Å²) in [5.41, 5.74) is 2.70. The Morgan fingerprint density at radius 1 is 0.868 bits per heavy atom. The fourth-order valence-electron chi connectivity index (χ4n) is 4.47. The number of thiophene rings is 1. The maximum absolute atomic E-state index is 13.2. The summed E-state index contributed by atoms with van der Waals surface area (Å²) in [5, 5.41) is 11.3. The summed E-state index contributed by atoms with van der Waals surface area (Å²) in [6.07, 6.45) is 0.696. The van der Waals surface area contributed by atoms with Gasteiger partial charge in [-0.25, -0.2) is 0 Å². The summed E-state index contributed by atoms with van der Waals surface area (Å²) in [6, 6.07) is 25.1. The van der Waals surface area contributed by atoms with Gasteiger partial charge in [0.1, 0.15) is 6.54 Å². The lowest BCUT2D eigenvalue weighted by Crippen LogP contribution is -2.52. The lowest BCUT2D eigenvalue weighted by Gasteiger charge is -2.36.